The van der Waals surface area contributed by atoms with Gasteiger partial charge in [-0.15, -0.1) is 0 Å². The van der Waals surface area contributed by atoms with Crippen molar-refractivity contribution in [2.75, 3.05) is 18.6 Å². The molecule has 0 heterocycles. The average molecular weight is 242 g/mol. The first-order chi connectivity index (χ1) is 7.51. The Balaban J connectivity index is 2.35. The zero-order valence-corrected chi connectivity index (χ0v) is 9.87. The summed E-state index contributed by atoms with van der Waals surface area (Å²) in [5.74, 6) is 0.762. The molecule has 1 aromatic carbocycles. The molecular formula is C11H14O4S. The first-order valence-corrected chi connectivity index (χ1v) is 6.93. The molecule has 88 valence electrons. The minimum absolute atomic E-state index is 0.124. The number of hydrogen-bond donors (Lipinski definition) is 0. The molecule has 1 aromatic rings. The van der Waals surface area contributed by atoms with Crippen molar-refractivity contribution in [3.63, 3.8) is 0 Å². The maximum Gasteiger partial charge on any atom is 0.150 e. The summed E-state index contributed by atoms with van der Waals surface area (Å²) in [7, 11) is -2.92. The van der Waals surface area contributed by atoms with E-state index in [0.29, 0.717) is 24.3 Å². The van der Waals surface area contributed by atoms with Gasteiger partial charge in [-0.25, -0.2) is 8.42 Å². The van der Waals surface area contributed by atoms with Crippen LogP contribution in [0.5, 0.6) is 5.75 Å². The van der Waals surface area contributed by atoms with Gasteiger partial charge < -0.3 is 4.74 Å². The Morgan fingerprint density at radius 3 is 2.38 bits per heavy atom. The smallest absolute Gasteiger partial charge is 0.150 e. The maximum atomic E-state index is 10.8. The lowest BCUT2D eigenvalue weighted by molar-refractivity contribution is 0.112. The van der Waals surface area contributed by atoms with Gasteiger partial charge in [-0.05, 0) is 30.7 Å². The summed E-state index contributed by atoms with van der Waals surface area (Å²) < 4.78 is 27.0. The van der Waals surface area contributed by atoms with Gasteiger partial charge in [0.15, 0.2) is 0 Å². The Hall–Kier alpha value is -1.36. The van der Waals surface area contributed by atoms with Gasteiger partial charge in [0.25, 0.3) is 0 Å². The predicted molar refractivity (Wildman–Crippen MR) is 61.7 cm³/mol. The predicted octanol–water partition coefficient (Wildman–Crippen LogP) is 1.31. The van der Waals surface area contributed by atoms with Gasteiger partial charge in [0.05, 0.1) is 12.4 Å². The molecule has 0 amide bonds. The fraction of sp³-hybridized carbons (Fsp3) is 0.364. The summed E-state index contributed by atoms with van der Waals surface area (Å²) in [5, 5.41) is 0. The molecule has 0 saturated carbocycles. The van der Waals surface area contributed by atoms with Crippen LogP contribution in [0.4, 0.5) is 0 Å². The van der Waals surface area contributed by atoms with Gasteiger partial charge in [0.1, 0.15) is 21.9 Å². The number of aldehydes is 1. The second-order valence-corrected chi connectivity index (χ2v) is 5.78. The summed E-state index contributed by atoms with van der Waals surface area (Å²) in [5.41, 5.74) is 0.587. The Morgan fingerprint density at radius 2 is 1.88 bits per heavy atom. The molecule has 0 atom stereocenters. The lowest BCUT2D eigenvalue weighted by Gasteiger charge is -2.05. The van der Waals surface area contributed by atoms with E-state index in [1.165, 1.54) is 6.26 Å². The number of carbonyl (C=O) groups excluding carboxylic acids is 1. The largest absolute Gasteiger partial charge is 0.494 e. The van der Waals surface area contributed by atoms with E-state index in [9.17, 15) is 13.2 Å². The van der Waals surface area contributed by atoms with Crippen molar-refractivity contribution in [2.24, 2.45) is 0 Å². The molecule has 0 aromatic heterocycles. The molecule has 0 N–H and O–H groups in total. The van der Waals surface area contributed by atoms with Crippen LogP contribution in [0, 0.1) is 0 Å². The molecule has 4 nitrogen and oxygen atoms in total. The van der Waals surface area contributed by atoms with Crippen molar-refractivity contribution in [1.82, 2.24) is 0 Å². The van der Waals surface area contributed by atoms with Crippen molar-refractivity contribution in [3.8, 4) is 5.75 Å². The minimum Gasteiger partial charge on any atom is -0.494 e. The van der Waals surface area contributed by atoms with E-state index in [-0.39, 0.29) is 5.75 Å². The van der Waals surface area contributed by atoms with Crippen LogP contribution in [-0.2, 0) is 9.84 Å². The molecule has 0 aliphatic carbocycles. The van der Waals surface area contributed by atoms with E-state index in [2.05, 4.69) is 0 Å². The quantitative estimate of drug-likeness (QED) is 0.557. The zero-order chi connectivity index (χ0) is 12.0. The molecule has 5 heteroatoms. The number of rotatable bonds is 6. The van der Waals surface area contributed by atoms with Crippen LogP contribution in [0.3, 0.4) is 0 Å². The van der Waals surface area contributed by atoms with E-state index in [0.717, 1.165) is 6.29 Å². The number of sulfone groups is 1. The van der Waals surface area contributed by atoms with Crippen molar-refractivity contribution in [1.29, 1.82) is 0 Å². The van der Waals surface area contributed by atoms with Crippen molar-refractivity contribution < 1.29 is 17.9 Å². The SMILES string of the molecule is CS(=O)(=O)CCCOc1ccc(C=O)cc1. The molecule has 0 aliphatic rings. The second kappa shape index (κ2) is 5.65. The lowest BCUT2D eigenvalue weighted by Crippen LogP contribution is -2.07. The first kappa shape index (κ1) is 12.7. The molecule has 0 radical (unpaired) electrons. The number of benzene rings is 1. The molecule has 1 rings (SSSR count). The van der Waals surface area contributed by atoms with Crippen molar-refractivity contribution in [2.45, 2.75) is 6.42 Å². The van der Waals surface area contributed by atoms with Crippen molar-refractivity contribution >= 4 is 16.1 Å². The Morgan fingerprint density at radius 1 is 1.25 bits per heavy atom. The van der Waals surface area contributed by atoms with Crippen LogP contribution in [-0.4, -0.2) is 33.3 Å². The van der Waals surface area contributed by atoms with Crippen LogP contribution in [0.2, 0.25) is 0 Å². The van der Waals surface area contributed by atoms with Gasteiger partial charge in [-0.1, -0.05) is 0 Å². The van der Waals surface area contributed by atoms with Crippen LogP contribution in [0.1, 0.15) is 16.8 Å². The van der Waals surface area contributed by atoms with Gasteiger partial charge >= 0.3 is 0 Å². The standard InChI is InChI=1S/C11H14O4S/c1-16(13,14)8-2-7-15-11-5-3-10(9-12)4-6-11/h3-6,9H,2,7-8H2,1H3. The number of carbonyl (C=O) groups is 1. The van der Waals surface area contributed by atoms with E-state index in [1.807, 2.05) is 0 Å². The average Bonchev–Trinajstić information content (AvgIpc) is 2.24. The second-order valence-electron chi connectivity index (χ2n) is 3.52. The lowest BCUT2D eigenvalue weighted by atomic mass is 10.2. The molecule has 0 fully saturated rings. The Labute approximate surface area is 95.2 Å². The molecule has 0 spiro atoms. The third-order valence-corrected chi connectivity index (χ3v) is 2.97. The highest BCUT2D eigenvalue weighted by molar-refractivity contribution is 7.90. The summed E-state index contributed by atoms with van der Waals surface area (Å²) in [6, 6.07) is 6.67. The number of ether oxygens (including phenoxy) is 1. The highest BCUT2D eigenvalue weighted by atomic mass is 32.2. The Kier molecular flexibility index (Phi) is 4.49. The minimum atomic E-state index is -2.92. The topological polar surface area (TPSA) is 60.4 Å². The van der Waals surface area contributed by atoms with E-state index < -0.39 is 9.84 Å². The monoisotopic (exact) mass is 242 g/mol. The Bertz CT molecular complexity index is 434. The molecule has 0 bridgehead atoms. The molecule has 0 aliphatic heterocycles. The highest BCUT2D eigenvalue weighted by Crippen LogP contribution is 2.11. The van der Waals surface area contributed by atoms with Crippen LogP contribution < -0.4 is 4.74 Å². The third-order valence-electron chi connectivity index (χ3n) is 1.94. The fourth-order valence-corrected chi connectivity index (χ4v) is 1.80. The van der Waals surface area contributed by atoms with Crippen LogP contribution >= 0.6 is 0 Å². The third kappa shape index (κ3) is 4.93. The molecule has 0 unspecified atom stereocenters. The molecule has 16 heavy (non-hydrogen) atoms. The summed E-state index contributed by atoms with van der Waals surface area (Å²) in [6.45, 7) is 0.355. The zero-order valence-electron chi connectivity index (χ0n) is 9.05. The first-order valence-electron chi connectivity index (χ1n) is 4.87. The van der Waals surface area contributed by atoms with E-state index >= 15 is 0 Å². The van der Waals surface area contributed by atoms with Gasteiger partial charge in [0, 0.05) is 11.8 Å². The normalized spacial score (nSPS) is 11.1. The highest BCUT2D eigenvalue weighted by Gasteiger charge is 2.01. The summed E-state index contributed by atoms with van der Waals surface area (Å²) in [4.78, 5) is 10.4. The fourth-order valence-electron chi connectivity index (χ4n) is 1.15. The van der Waals surface area contributed by atoms with Crippen LogP contribution in [0.15, 0.2) is 24.3 Å². The molecule has 0 saturated heterocycles. The molecular weight excluding hydrogens is 228 g/mol. The van der Waals surface area contributed by atoms with Gasteiger partial charge in [-0.2, -0.15) is 0 Å². The van der Waals surface area contributed by atoms with Crippen LogP contribution in [0.25, 0.3) is 0 Å². The number of hydrogen-bond acceptors (Lipinski definition) is 4. The van der Waals surface area contributed by atoms with Gasteiger partial charge in [-0.3, -0.25) is 4.79 Å². The maximum absolute atomic E-state index is 10.8. The van der Waals surface area contributed by atoms with Crippen molar-refractivity contribution in [3.05, 3.63) is 29.8 Å². The van der Waals surface area contributed by atoms with E-state index in [1.54, 1.807) is 24.3 Å². The summed E-state index contributed by atoms with van der Waals surface area (Å²) >= 11 is 0. The van der Waals surface area contributed by atoms with Gasteiger partial charge in [0.2, 0.25) is 0 Å². The van der Waals surface area contributed by atoms with E-state index in [4.69, 9.17) is 4.74 Å². The summed E-state index contributed by atoms with van der Waals surface area (Å²) in [6.07, 6.45) is 2.42.